The van der Waals surface area contributed by atoms with E-state index in [1.165, 1.54) is 29.7 Å². The molecule has 0 radical (unpaired) electrons. The molecule has 25 heavy (non-hydrogen) atoms. The third-order valence-electron chi connectivity index (χ3n) is 4.71. The average Bonchev–Trinajstić information content (AvgIpc) is 3.03. The van der Waals surface area contributed by atoms with Crippen molar-refractivity contribution in [3.8, 4) is 6.07 Å². The number of ether oxygens (including phenoxy) is 1. The van der Waals surface area contributed by atoms with Crippen molar-refractivity contribution in [1.82, 2.24) is 5.32 Å². The Hall–Kier alpha value is -1.74. The zero-order valence-corrected chi connectivity index (χ0v) is 16.2. The number of nitriles is 1. The fourth-order valence-corrected chi connectivity index (χ4v) is 4.98. The summed E-state index contributed by atoms with van der Waals surface area (Å²) in [6.45, 7) is 7.21. The molecule has 1 aliphatic carbocycles. The first-order chi connectivity index (χ1) is 11.9. The highest BCUT2D eigenvalue weighted by atomic mass is 32.1. The van der Waals surface area contributed by atoms with Gasteiger partial charge in [-0.2, -0.15) is 5.26 Å². The summed E-state index contributed by atoms with van der Waals surface area (Å²) in [7, 11) is 0. The summed E-state index contributed by atoms with van der Waals surface area (Å²) >= 11 is 1.79. The van der Waals surface area contributed by atoms with Gasteiger partial charge in [0, 0.05) is 18.0 Å². The van der Waals surface area contributed by atoms with E-state index < -0.39 is 5.60 Å². The zero-order chi connectivity index (χ0) is 18.0. The van der Waals surface area contributed by atoms with Crippen LogP contribution < -0.4 is 10.2 Å². The van der Waals surface area contributed by atoms with Crippen LogP contribution in [0.2, 0.25) is 0 Å². The maximum absolute atomic E-state index is 12.0. The largest absolute Gasteiger partial charge is 0.444 e. The molecule has 5 nitrogen and oxygen atoms in total. The first-order valence-electron chi connectivity index (χ1n) is 9.16. The van der Waals surface area contributed by atoms with E-state index in [-0.39, 0.29) is 12.1 Å². The van der Waals surface area contributed by atoms with E-state index in [9.17, 15) is 10.1 Å². The summed E-state index contributed by atoms with van der Waals surface area (Å²) in [5.74, 6) is 0. The van der Waals surface area contributed by atoms with Gasteiger partial charge in [0.15, 0.2) is 0 Å². The molecule has 1 atom stereocenters. The molecular weight excluding hydrogens is 334 g/mol. The minimum absolute atomic E-state index is 0.0725. The Bertz CT molecular complexity index is 684. The Morgan fingerprint density at radius 1 is 1.32 bits per heavy atom. The molecule has 1 aromatic heterocycles. The van der Waals surface area contributed by atoms with E-state index in [2.05, 4.69) is 16.3 Å². The quantitative estimate of drug-likeness (QED) is 0.809. The molecule has 1 saturated heterocycles. The van der Waals surface area contributed by atoms with Crippen LogP contribution in [0.1, 0.15) is 62.5 Å². The van der Waals surface area contributed by atoms with Gasteiger partial charge < -0.3 is 15.0 Å². The second kappa shape index (κ2) is 7.25. The van der Waals surface area contributed by atoms with Crippen LogP contribution in [0.5, 0.6) is 0 Å². The first kappa shape index (κ1) is 18.1. The van der Waals surface area contributed by atoms with Crippen molar-refractivity contribution in [2.24, 2.45) is 0 Å². The Balaban J connectivity index is 1.68. The van der Waals surface area contributed by atoms with Crippen molar-refractivity contribution in [3.05, 3.63) is 16.0 Å². The van der Waals surface area contributed by atoms with Crippen LogP contribution in [0.4, 0.5) is 9.80 Å². The van der Waals surface area contributed by atoms with Crippen LogP contribution in [-0.2, 0) is 17.6 Å². The van der Waals surface area contributed by atoms with Gasteiger partial charge in [-0.25, -0.2) is 4.79 Å². The molecule has 0 bridgehead atoms. The van der Waals surface area contributed by atoms with Crippen molar-refractivity contribution in [1.29, 1.82) is 5.26 Å². The fourth-order valence-electron chi connectivity index (χ4n) is 3.60. The minimum atomic E-state index is -0.484. The van der Waals surface area contributed by atoms with Crippen molar-refractivity contribution >= 4 is 22.4 Å². The molecule has 1 N–H and O–H groups in total. The number of amides is 1. The third kappa shape index (κ3) is 4.27. The van der Waals surface area contributed by atoms with Crippen LogP contribution >= 0.6 is 11.3 Å². The predicted molar refractivity (Wildman–Crippen MR) is 100 cm³/mol. The molecule has 1 fully saturated rings. The van der Waals surface area contributed by atoms with E-state index in [0.29, 0.717) is 0 Å². The van der Waals surface area contributed by atoms with Gasteiger partial charge in [0.2, 0.25) is 0 Å². The van der Waals surface area contributed by atoms with Crippen LogP contribution in [0, 0.1) is 11.3 Å². The van der Waals surface area contributed by atoms with E-state index in [1.807, 2.05) is 20.8 Å². The van der Waals surface area contributed by atoms with Gasteiger partial charge >= 0.3 is 6.09 Å². The van der Waals surface area contributed by atoms with Gasteiger partial charge in [0.05, 0.1) is 11.6 Å². The van der Waals surface area contributed by atoms with Gasteiger partial charge in [0.1, 0.15) is 16.7 Å². The Morgan fingerprint density at radius 2 is 2.08 bits per heavy atom. The minimum Gasteiger partial charge on any atom is -0.444 e. The Labute approximate surface area is 154 Å². The summed E-state index contributed by atoms with van der Waals surface area (Å²) in [4.78, 5) is 15.6. The monoisotopic (exact) mass is 361 g/mol. The van der Waals surface area contributed by atoms with Crippen LogP contribution in [0.3, 0.4) is 0 Å². The number of hydrogen-bond donors (Lipinski definition) is 1. The van der Waals surface area contributed by atoms with Crippen LogP contribution in [0.25, 0.3) is 0 Å². The van der Waals surface area contributed by atoms with E-state index in [0.717, 1.165) is 42.9 Å². The van der Waals surface area contributed by atoms with Gasteiger partial charge in [-0.05, 0) is 58.4 Å². The standard InChI is InChI=1S/C19H27N3O2S/c1-19(2,3)24-18(23)21-13-9-10-22(12-13)17-15(11-20)14-7-5-4-6-8-16(14)25-17/h13H,4-10,12H2,1-3H3,(H,21,23). The van der Waals surface area contributed by atoms with E-state index >= 15 is 0 Å². The van der Waals surface area contributed by atoms with Gasteiger partial charge in [-0.15, -0.1) is 11.3 Å². The summed E-state index contributed by atoms with van der Waals surface area (Å²) in [6.07, 6.45) is 6.31. The first-order valence-corrected chi connectivity index (χ1v) is 9.98. The van der Waals surface area contributed by atoms with Crippen LogP contribution in [-0.4, -0.2) is 30.8 Å². The molecule has 1 unspecified atom stereocenters. The molecule has 2 heterocycles. The Morgan fingerprint density at radius 3 is 2.80 bits per heavy atom. The number of anilines is 1. The molecule has 0 spiro atoms. The molecular formula is C19H27N3O2S. The van der Waals surface area contributed by atoms with E-state index in [1.54, 1.807) is 11.3 Å². The molecule has 136 valence electrons. The summed E-state index contributed by atoms with van der Waals surface area (Å²) in [5, 5.41) is 13.8. The van der Waals surface area contributed by atoms with Crippen molar-refractivity contribution in [2.75, 3.05) is 18.0 Å². The molecule has 1 aromatic rings. The normalized spacial score (nSPS) is 20.6. The highest BCUT2D eigenvalue weighted by Gasteiger charge is 2.30. The number of rotatable bonds is 2. The number of hydrogen-bond acceptors (Lipinski definition) is 5. The third-order valence-corrected chi connectivity index (χ3v) is 6.06. The summed E-state index contributed by atoms with van der Waals surface area (Å²) in [6, 6.07) is 2.52. The van der Waals surface area contributed by atoms with Crippen molar-refractivity contribution in [3.63, 3.8) is 0 Å². The molecule has 3 rings (SSSR count). The second-order valence-corrected chi connectivity index (χ2v) is 9.02. The number of aryl methyl sites for hydroxylation is 1. The predicted octanol–water partition coefficient (Wildman–Crippen LogP) is 3.99. The number of alkyl carbamates (subject to hydrolysis) is 1. The highest BCUT2D eigenvalue weighted by molar-refractivity contribution is 7.16. The van der Waals surface area contributed by atoms with Gasteiger partial charge in [-0.1, -0.05) is 6.42 Å². The number of fused-ring (bicyclic) bond motifs is 1. The average molecular weight is 362 g/mol. The molecule has 2 aliphatic rings. The number of nitrogens with one attached hydrogen (secondary N) is 1. The smallest absolute Gasteiger partial charge is 0.407 e. The van der Waals surface area contributed by atoms with Crippen molar-refractivity contribution in [2.45, 2.75) is 70.9 Å². The highest BCUT2D eigenvalue weighted by Crippen LogP contribution is 2.40. The molecule has 1 aliphatic heterocycles. The van der Waals surface area contributed by atoms with Crippen LogP contribution in [0.15, 0.2) is 0 Å². The second-order valence-electron chi connectivity index (χ2n) is 7.93. The SMILES string of the molecule is CC(C)(C)OC(=O)NC1CCN(c2sc3c(c2C#N)CCCCC3)C1. The fraction of sp³-hybridized carbons (Fsp3) is 0.684. The van der Waals surface area contributed by atoms with Crippen molar-refractivity contribution < 1.29 is 9.53 Å². The number of thiophene rings is 1. The number of carbonyl (C=O) groups excluding carboxylic acids is 1. The maximum Gasteiger partial charge on any atom is 0.407 e. The lowest BCUT2D eigenvalue weighted by molar-refractivity contribution is 0.0509. The van der Waals surface area contributed by atoms with E-state index in [4.69, 9.17) is 4.74 Å². The molecule has 1 amide bonds. The number of nitrogens with zero attached hydrogens (tertiary/aromatic N) is 2. The molecule has 0 aromatic carbocycles. The number of carbonyl (C=O) groups is 1. The van der Waals surface area contributed by atoms with Gasteiger partial charge in [0.25, 0.3) is 0 Å². The zero-order valence-electron chi connectivity index (χ0n) is 15.4. The lowest BCUT2D eigenvalue weighted by Crippen LogP contribution is -2.40. The Kier molecular flexibility index (Phi) is 5.24. The van der Waals surface area contributed by atoms with Gasteiger partial charge in [-0.3, -0.25) is 0 Å². The maximum atomic E-state index is 12.0. The summed E-state index contributed by atoms with van der Waals surface area (Å²) < 4.78 is 5.35. The lowest BCUT2D eigenvalue weighted by Gasteiger charge is -2.22. The topological polar surface area (TPSA) is 65.4 Å². The summed E-state index contributed by atoms with van der Waals surface area (Å²) in [5.41, 5.74) is 1.67. The molecule has 6 heteroatoms. The molecule has 0 saturated carbocycles. The lowest BCUT2D eigenvalue weighted by atomic mass is 10.1.